The first-order valence-electron chi connectivity index (χ1n) is 29.3. The Labute approximate surface area is 468 Å². The van der Waals surface area contributed by atoms with Crippen LogP contribution in [0, 0.1) is 11.6 Å². The molecular formula is C67H82F2N4O6. The van der Waals surface area contributed by atoms with Gasteiger partial charge in [-0.2, -0.15) is 10.2 Å². The molecule has 6 aromatic rings. The topological polar surface area (TPSA) is 121 Å². The lowest BCUT2D eigenvalue weighted by molar-refractivity contribution is 0.0725. The summed E-state index contributed by atoms with van der Waals surface area (Å²) in [6, 6.07) is 35.9. The fourth-order valence-electron chi connectivity index (χ4n) is 9.08. The molecule has 79 heavy (non-hydrogen) atoms. The second-order valence-electron chi connectivity index (χ2n) is 20.4. The summed E-state index contributed by atoms with van der Waals surface area (Å²) < 4.78 is 53.2. The highest BCUT2D eigenvalue weighted by Gasteiger charge is 2.12. The molecule has 0 spiro atoms. The van der Waals surface area contributed by atoms with E-state index in [9.17, 15) is 9.59 Å². The SMILES string of the molecule is CCCCCCCCCCCCCCOc1ccc(C(=O)Oc2ccc(N=Nc3ccc(Cc4ccc(N=Nc5ccc(OC(=O)c6ccc(OCCCCCCCCCCCCCC)cc6)cc5)c(F)c4)cc3F)cc2)cc1. The van der Waals surface area contributed by atoms with Crippen molar-refractivity contribution in [2.75, 3.05) is 13.2 Å². The monoisotopic (exact) mass is 1080 g/mol. The summed E-state index contributed by atoms with van der Waals surface area (Å²) in [6.07, 6.45) is 31.3. The normalized spacial score (nSPS) is 11.4. The van der Waals surface area contributed by atoms with Crippen molar-refractivity contribution >= 4 is 34.7 Å². The molecule has 12 heteroatoms. The van der Waals surface area contributed by atoms with E-state index in [4.69, 9.17) is 18.9 Å². The Morgan fingerprint density at radius 3 is 0.975 bits per heavy atom. The van der Waals surface area contributed by atoms with E-state index in [1.165, 1.54) is 153 Å². The number of esters is 2. The summed E-state index contributed by atoms with van der Waals surface area (Å²) in [7, 11) is 0. The summed E-state index contributed by atoms with van der Waals surface area (Å²) in [6.45, 7) is 5.81. The van der Waals surface area contributed by atoms with Crippen molar-refractivity contribution in [1.82, 2.24) is 0 Å². The number of hydrogen-bond donors (Lipinski definition) is 0. The standard InChI is InChI=1S/C67H82F2N4O6/c1-3-5-7-9-11-13-15-17-19-21-23-25-47-76-58-37-29-54(30-38-58)66(74)78-60-41-33-56(34-42-60)70-72-64-45-27-52(50-62(64)68)49-53-28-46-65(63(69)51-53)73-71-57-35-43-61(44-36-57)79-67(75)55-31-39-59(40-32-55)77-48-26-24-22-20-18-16-14-12-10-8-6-4-2/h27-46,50-51H,3-26,47-49H2,1-2H3. The molecule has 0 aromatic heterocycles. The molecule has 0 amide bonds. The van der Waals surface area contributed by atoms with Gasteiger partial charge in [0, 0.05) is 0 Å². The van der Waals surface area contributed by atoms with Gasteiger partial charge in [-0.1, -0.05) is 167 Å². The van der Waals surface area contributed by atoms with Crippen LogP contribution < -0.4 is 18.9 Å². The zero-order valence-electron chi connectivity index (χ0n) is 46.8. The molecule has 420 valence electrons. The number of benzene rings is 6. The lowest BCUT2D eigenvalue weighted by Gasteiger charge is -2.08. The van der Waals surface area contributed by atoms with Crippen LogP contribution in [0.15, 0.2) is 154 Å². The minimum absolute atomic E-state index is 0.0319. The third kappa shape index (κ3) is 23.8. The van der Waals surface area contributed by atoms with Crippen molar-refractivity contribution < 1.29 is 37.3 Å². The highest BCUT2D eigenvalue weighted by molar-refractivity contribution is 5.91. The smallest absolute Gasteiger partial charge is 0.343 e. The van der Waals surface area contributed by atoms with Gasteiger partial charge in [-0.25, -0.2) is 18.4 Å². The summed E-state index contributed by atoms with van der Waals surface area (Å²) in [5.74, 6) is -0.0844. The molecule has 0 heterocycles. The largest absolute Gasteiger partial charge is 0.494 e. The number of azo groups is 2. The van der Waals surface area contributed by atoms with Crippen LogP contribution in [0.5, 0.6) is 23.0 Å². The molecule has 0 fully saturated rings. The van der Waals surface area contributed by atoms with Gasteiger partial charge in [-0.15, -0.1) is 10.2 Å². The van der Waals surface area contributed by atoms with Crippen molar-refractivity contribution in [3.05, 3.63) is 167 Å². The Bertz CT molecular complexity index is 2560. The van der Waals surface area contributed by atoms with Crippen molar-refractivity contribution in [3.8, 4) is 23.0 Å². The van der Waals surface area contributed by atoms with Crippen molar-refractivity contribution in [1.29, 1.82) is 0 Å². The van der Waals surface area contributed by atoms with Crippen LogP contribution in [0.3, 0.4) is 0 Å². The van der Waals surface area contributed by atoms with Gasteiger partial charge in [0.15, 0.2) is 11.6 Å². The number of nitrogens with zero attached hydrogens (tertiary/aromatic N) is 4. The van der Waals surface area contributed by atoms with Crippen LogP contribution in [0.2, 0.25) is 0 Å². The molecule has 0 aliphatic rings. The third-order valence-electron chi connectivity index (χ3n) is 13.8. The number of hydrogen-bond acceptors (Lipinski definition) is 10. The summed E-state index contributed by atoms with van der Waals surface area (Å²) in [5, 5.41) is 16.5. The van der Waals surface area contributed by atoms with Gasteiger partial charge in [0.1, 0.15) is 34.4 Å². The Morgan fingerprint density at radius 1 is 0.354 bits per heavy atom. The summed E-state index contributed by atoms with van der Waals surface area (Å²) >= 11 is 0. The van der Waals surface area contributed by atoms with Crippen LogP contribution in [0.4, 0.5) is 31.5 Å². The van der Waals surface area contributed by atoms with Crippen molar-refractivity contribution in [2.24, 2.45) is 20.5 Å². The Kier molecular flexibility index (Phi) is 28.0. The second kappa shape index (κ2) is 36.2. The molecular weight excluding hydrogens is 995 g/mol. The minimum atomic E-state index is -0.585. The van der Waals surface area contributed by atoms with E-state index >= 15 is 8.78 Å². The van der Waals surface area contributed by atoms with Crippen LogP contribution in [0.1, 0.15) is 200 Å². The molecule has 0 aliphatic carbocycles. The zero-order valence-corrected chi connectivity index (χ0v) is 46.8. The molecule has 0 saturated carbocycles. The predicted molar refractivity (Wildman–Crippen MR) is 313 cm³/mol. The molecule has 0 aliphatic heterocycles. The van der Waals surface area contributed by atoms with Crippen molar-refractivity contribution in [3.63, 3.8) is 0 Å². The first-order chi connectivity index (χ1) is 38.8. The maximum absolute atomic E-state index is 15.2. The van der Waals surface area contributed by atoms with Gasteiger partial charge in [0.2, 0.25) is 0 Å². The van der Waals surface area contributed by atoms with Gasteiger partial charge in [0.25, 0.3) is 0 Å². The first-order valence-corrected chi connectivity index (χ1v) is 29.3. The van der Waals surface area contributed by atoms with Gasteiger partial charge < -0.3 is 18.9 Å². The Hall–Kier alpha value is -7.08. The Morgan fingerprint density at radius 2 is 0.658 bits per heavy atom. The first kappa shape index (κ1) is 61.1. The fraction of sp³-hybridized carbons (Fsp3) is 0.433. The van der Waals surface area contributed by atoms with Crippen LogP contribution in [0.25, 0.3) is 0 Å². The maximum atomic E-state index is 15.2. The van der Waals surface area contributed by atoms with Gasteiger partial charge in [-0.3, -0.25) is 0 Å². The van der Waals surface area contributed by atoms with Crippen LogP contribution in [-0.2, 0) is 6.42 Å². The molecule has 0 atom stereocenters. The summed E-state index contributed by atoms with van der Waals surface area (Å²) in [4.78, 5) is 25.7. The third-order valence-corrected chi connectivity index (χ3v) is 13.8. The number of carbonyl (C=O) groups excluding carboxylic acids is 2. The molecule has 0 radical (unpaired) electrons. The highest BCUT2D eigenvalue weighted by Crippen LogP contribution is 2.29. The maximum Gasteiger partial charge on any atom is 0.343 e. The van der Waals surface area contributed by atoms with Gasteiger partial charge in [0.05, 0.1) is 35.7 Å². The lowest BCUT2D eigenvalue weighted by atomic mass is 10.0. The lowest BCUT2D eigenvalue weighted by Crippen LogP contribution is -2.08. The molecule has 10 nitrogen and oxygen atoms in total. The van der Waals surface area contributed by atoms with Crippen LogP contribution >= 0.6 is 0 Å². The molecule has 0 unspecified atom stereocenters. The number of rotatable bonds is 38. The number of unbranched alkanes of at least 4 members (excludes halogenated alkanes) is 22. The number of carbonyl (C=O) groups is 2. The Balaban J connectivity index is 0.849. The number of ether oxygens (including phenoxy) is 4. The fourth-order valence-corrected chi connectivity index (χ4v) is 9.08. The molecule has 6 rings (SSSR count). The van der Waals surface area contributed by atoms with E-state index in [-0.39, 0.29) is 17.8 Å². The van der Waals surface area contributed by atoms with Gasteiger partial charge in [-0.05, 0) is 152 Å². The molecule has 0 bridgehead atoms. The van der Waals surface area contributed by atoms with Crippen molar-refractivity contribution in [2.45, 2.75) is 174 Å². The highest BCUT2D eigenvalue weighted by atomic mass is 19.1. The van der Waals surface area contributed by atoms with E-state index in [1.54, 1.807) is 109 Å². The van der Waals surface area contributed by atoms with E-state index in [2.05, 4.69) is 34.3 Å². The van der Waals surface area contributed by atoms with E-state index in [0.29, 0.717) is 69.8 Å². The van der Waals surface area contributed by atoms with E-state index < -0.39 is 23.6 Å². The van der Waals surface area contributed by atoms with Gasteiger partial charge >= 0.3 is 11.9 Å². The summed E-state index contributed by atoms with van der Waals surface area (Å²) in [5.41, 5.74) is 2.96. The number of halogens is 2. The average Bonchev–Trinajstić information content (AvgIpc) is 3.46. The minimum Gasteiger partial charge on any atom is -0.494 e. The predicted octanol–water partition coefficient (Wildman–Crippen LogP) is 21.0. The van der Waals surface area contributed by atoms with E-state index in [0.717, 1.165) is 25.7 Å². The second-order valence-corrected chi connectivity index (χ2v) is 20.4. The zero-order chi connectivity index (χ0) is 55.5. The quantitative estimate of drug-likeness (QED) is 0.0165. The van der Waals surface area contributed by atoms with Crippen LogP contribution in [-0.4, -0.2) is 25.2 Å². The molecule has 6 aromatic carbocycles. The van der Waals surface area contributed by atoms with E-state index in [1.807, 2.05) is 0 Å². The molecule has 0 saturated heterocycles. The molecule has 0 N–H and O–H groups in total. The average molecular weight is 1080 g/mol.